The van der Waals surface area contributed by atoms with Crippen LogP contribution < -0.4 is 9.47 Å². The van der Waals surface area contributed by atoms with Gasteiger partial charge in [0.2, 0.25) is 0 Å². The monoisotopic (exact) mass is 490 g/mol. The van der Waals surface area contributed by atoms with Crippen molar-refractivity contribution in [3.05, 3.63) is 108 Å². The first-order valence-electron chi connectivity index (χ1n) is 12.4. The van der Waals surface area contributed by atoms with Crippen LogP contribution in [0.1, 0.15) is 49.2 Å². The number of rotatable bonds is 7. The molecule has 0 saturated carbocycles. The Morgan fingerprint density at radius 1 is 0.838 bits per heavy atom. The number of aromatic nitrogens is 2. The van der Waals surface area contributed by atoms with Crippen LogP contribution in [-0.2, 0) is 12.0 Å². The van der Waals surface area contributed by atoms with Gasteiger partial charge in [0.25, 0.3) is 0 Å². The van der Waals surface area contributed by atoms with E-state index in [0.29, 0.717) is 23.7 Å². The number of fused-ring (bicyclic) bond motifs is 1. The van der Waals surface area contributed by atoms with Crippen molar-refractivity contribution in [3.63, 3.8) is 0 Å². The van der Waals surface area contributed by atoms with E-state index >= 15 is 0 Å². The Morgan fingerprint density at radius 3 is 2.27 bits per heavy atom. The number of imidazole rings is 1. The molecule has 0 unspecified atom stereocenters. The number of ketones is 1. The highest BCUT2D eigenvalue weighted by Crippen LogP contribution is 2.29. The summed E-state index contributed by atoms with van der Waals surface area (Å²) in [5, 5.41) is 0. The Morgan fingerprint density at radius 2 is 1.57 bits per heavy atom. The molecule has 0 fully saturated rings. The zero-order valence-corrected chi connectivity index (χ0v) is 21.5. The van der Waals surface area contributed by atoms with Crippen LogP contribution in [0.15, 0.2) is 91.0 Å². The number of carbonyl (C=O) groups is 1. The second-order valence-electron chi connectivity index (χ2n) is 10.2. The molecule has 5 aromatic rings. The number of nitrogens with zero attached hydrogens (tertiary/aromatic N) is 1. The van der Waals surface area contributed by atoms with E-state index in [1.54, 1.807) is 13.0 Å². The van der Waals surface area contributed by atoms with E-state index < -0.39 is 0 Å². The third-order valence-electron chi connectivity index (χ3n) is 6.28. The number of nitrogens with one attached hydrogen (secondary N) is 1. The van der Waals surface area contributed by atoms with Crippen LogP contribution in [0.25, 0.3) is 22.4 Å². The zero-order chi connectivity index (χ0) is 26.0. The molecule has 0 radical (unpaired) electrons. The number of H-pyrrole nitrogens is 1. The van der Waals surface area contributed by atoms with Crippen molar-refractivity contribution in [2.75, 3.05) is 0 Å². The minimum atomic E-state index is 0.0313. The van der Waals surface area contributed by atoms with Crippen LogP contribution >= 0.6 is 0 Å². The fraction of sp³-hybridized carbons (Fsp3) is 0.188. The normalized spacial score (nSPS) is 11.5. The molecule has 0 aliphatic heterocycles. The Kier molecular flexibility index (Phi) is 6.53. The molecule has 1 heterocycles. The van der Waals surface area contributed by atoms with E-state index in [2.05, 4.69) is 55.0 Å². The standard InChI is InChI=1S/C32H30N2O3/c1-21(35)24-12-17-29-30(18-24)34-31(33-29)23-10-15-26(16-11-23)37-28-7-5-6-27(19-28)36-20-22-8-13-25(14-9-22)32(2,3)4/h5-19H,20H2,1-4H3,(H,33,34). The second kappa shape index (κ2) is 9.94. The molecule has 0 spiro atoms. The summed E-state index contributed by atoms with van der Waals surface area (Å²) in [6, 6.07) is 29.4. The Labute approximate surface area is 217 Å². The van der Waals surface area contributed by atoms with Crippen molar-refractivity contribution in [1.82, 2.24) is 9.97 Å². The average molecular weight is 491 g/mol. The number of hydrogen-bond donors (Lipinski definition) is 1. The molecule has 37 heavy (non-hydrogen) atoms. The molecule has 5 nitrogen and oxygen atoms in total. The van der Waals surface area contributed by atoms with Crippen LogP contribution in [-0.4, -0.2) is 15.8 Å². The van der Waals surface area contributed by atoms with Crippen molar-refractivity contribution >= 4 is 16.8 Å². The van der Waals surface area contributed by atoms with Crippen molar-refractivity contribution in [2.24, 2.45) is 0 Å². The van der Waals surface area contributed by atoms with Gasteiger partial charge in [0.05, 0.1) is 11.0 Å². The summed E-state index contributed by atoms with van der Waals surface area (Å²) in [6.07, 6.45) is 0. The lowest BCUT2D eigenvalue weighted by Crippen LogP contribution is -2.10. The molecule has 0 aliphatic rings. The van der Waals surface area contributed by atoms with E-state index in [-0.39, 0.29) is 11.2 Å². The number of carbonyl (C=O) groups excluding carboxylic acids is 1. The quantitative estimate of drug-likeness (QED) is 0.234. The maximum absolute atomic E-state index is 11.7. The van der Waals surface area contributed by atoms with Crippen LogP contribution in [0.5, 0.6) is 17.2 Å². The predicted molar refractivity (Wildman–Crippen MR) is 148 cm³/mol. The molecule has 0 atom stereocenters. The highest BCUT2D eigenvalue weighted by Gasteiger charge is 2.13. The van der Waals surface area contributed by atoms with Gasteiger partial charge in [-0.1, -0.05) is 51.1 Å². The van der Waals surface area contributed by atoms with E-state index in [4.69, 9.17) is 9.47 Å². The maximum atomic E-state index is 11.7. The first-order chi connectivity index (χ1) is 17.7. The van der Waals surface area contributed by atoms with Crippen molar-refractivity contribution in [1.29, 1.82) is 0 Å². The van der Waals surface area contributed by atoms with E-state index in [9.17, 15) is 4.79 Å². The first-order valence-corrected chi connectivity index (χ1v) is 12.4. The van der Waals surface area contributed by atoms with Crippen LogP contribution in [0.4, 0.5) is 0 Å². The van der Waals surface area contributed by atoms with Crippen LogP contribution in [0.3, 0.4) is 0 Å². The van der Waals surface area contributed by atoms with Gasteiger partial charge in [-0.3, -0.25) is 4.79 Å². The summed E-state index contributed by atoms with van der Waals surface area (Å²) in [4.78, 5) is 19.6. The Bertz CT molecular complexity index is 1540. The van der Waals surface area contributed by atoms with Gasteiger partial charge in [-0.25, -0.2) is 4.98 Å². The molecule has 0 saturated heterocycles. The van der Waals surface area contributed by atoms with Gasteiger partial charge in [-0.05, 0) is 78.1 Å². The summed E-state index contributed by atoms with van der Waals surface area (Å²) in [5.41, 5.74) is 5.82. The highest BCUT2D eigenvalue weighted by atomic mass is 16.5. The third-order valence-corrected chi connectivity index (χ3v) is 6.28. The lowest BCUT2D eigenvalue weighted by Gasteiger charge is -2.19. The Balaban J connectivity index is 1.24. The van der Waals surface area contributed by atoms with E-state index in [0.717, 1.165) is 33.7 Å². The van der Waals surface area contributed by atoms with Gasteiger partial charge in [0, 0.05) is 17.2 Å². The summed E-state index contributed by atoms with van der Waals surface area (Å²) < 4.78 is 12.1. The smallest absolute Gasteiger partial charge is 0.159 e. The van der Waals surface area contributed by atoms with Crippen LogP contribution in [0, 0.1) is 0 Å². The summed E-state index contributed by atoms with van der Waals surface area (Å²) in [5.74, 6) is 2.95. The molecule has 4 aromatic carbocycles. The number of aromatic amines is 1. The molecule has 5 heteroatoms. The number of ether oxygens (including phenoxy) is 2. The van der Waals surface area contributed by atoms with E-state index in [1.807, 2.05) is 60.7 Å². The molecule has 1 aromatic heterocycles. The van der Waals surface area contributed by atoms with Gasteiger partial charge in [-0.2, -0.15) is 0 Å². The van der Waals surface area contributed by atoms with E-state index in [1.165, 1.54) is 5.56 Å². The molecular weight excluding hydrogens is 460 g/mol. The molecule has 0 amide bonds. The van der Waals surface area contributed by atoms with Crippen molar-refractivity contribution < 1.29 is 14.3 Å². The van der Waals surface area contributed by atoms with Crippen molar-refractivity contribution in [2.45, 2.75) is 39.7 Å². The molecule has 5 rings (SSSR count). The zero-order valence-electron chi connectivity index (χ0n) is 21.5. The second-order valence-corrected chi connectivity index (χ2v) is 10.2. The summed E-state index contributed by atoms with van der Waals surface area (Å²) in [7, 11) is 0. The maximum Gasteiger partial charge on any atom is 0.159 e. The minimum Gasteiger partial charge on any atom is -0.489 e. The van der Waals surface area contributed by atoms with Gasteiger partial charge in [-0.15, -0.1) is 0 Å². The molecule has 1 N–H and O–H groups in total. The molecule has 186 valence electrons. The number of Topliss-reactive ketones (excluding diaryl/α,β-unsaturated/α-hetero) is 1. The highest BCUT2D eigenvalue weighted by molar-refractivity contribution is 5.97. The lowest BCUT2D eigenvalue weighted by atomic mass is 9.87. The van der Waals surface area contributed by atoms with Crippen molar-refractivity contribution in [3.8, 4) is 28.6 Å². The largest absolute Gasteiger partial charge is 0.489 e. The predicted octanol–water partition coefficient (Wildman–Crippen LogP) is 8.10. The van der Waals surface area contributed by atoms with Gasteiger partial charge in [0.1, 0.15) is 29.7 Å². The number of hydrogen-bond acceptors (Lipinski definition) is 4. The van der Waals surface area contributed by atoms with Gasteiger partial charge in [0.15, 0.2) is 5.78 Å². The first kappa shape index (κ1) is 24.3. The minimum absolute atomic E-state index is 0.0313. The fourth-order valence-electron chi connectivity index (χ4n) is 4.08. The third kappa shape index (κ3) is 5.72. The van der Waals surface area contributed by atoms with Crippen LogP contribution in [0.2, 0.25) is 0 Å². The van der Waals surface area contributed by atoms with Gasteiger partial charge < -0.3 is 14.5 Å². The average Bonchev–Trinajstić information content (AvgIpc) is 3.31. The SMILES string of the molecule is CC(=O)c1ccc2nc(-c3ccc(Oc4cccc(OCc5ccc(C(C)(C)C)cc5)c4)cc3)[nH]c2c1. The number of benzene rings is 4. The Hall–Kier alpha value is -4.38. The topological polar surface area (TPSA) is 64.2 Å². The fourth-order valence-corrected chi connectivity index (χ4v) is 4.08. The summed E-state index contributed by atoms with van der Waals surface area (Å²) in [6.45, 7) is 8.69. The van der Waals surface area contributed by atoms with Gasteiger partial charge >= 0.3 is 0 Å². The summed E-state index contributed by atoms with van der Waals surface area (Å²) >= 11 is 0. The molecular formula is C32H30N2O3. The molecule has 0 bridgehead atoms. The molecule has 0 aliphatic carbocycles. The lowest BCUT2D eigenvalue weighted by molar-refractivity contribution is 0.101.